The van der Waals surface area contributed by atoms with Crippen LogP contribution in [-0.4, -0.2) is 52.7 Å². The third kappa shape index (κ3) is 6.75. The summed E-state index contributed by atoms with van der Waals surface area (Å²) in [6.07, 6.45) is 2.55. The average Bonchev–Trinajstić information content (AvgIpc) is 2.97. The van der Waals surface area contributed by atoms with E-state index in [2.05, 4.69) is 17.1 Å². The second kappa shape index (κ2) is 9.91. The minimum atomic E-state index is -1.82. The maximum atomic E-state index is 13.4. The molecule has 3 N–H and O–H groups in total. The molecule has 1 unspecified atom stereocenters. The lowest BCUT2D eigenvalue weighted by Gasteiger charge is -2.23. The van der Waals surface area contributed by atoms with Crippen LogP contribution in [0.15, 0.2) is 24.3 Å². The molecule has 7 heteroatoms. The van der Waals surface area contributed by atoms with Crippen LogP contribution in [0.4, 0.5) is 4.39 Å². The van der Waals surface area contributed by atoms with E-state index in [-0.39, 0.29) is 5.82 Å². The Bertz CT molecular complexity index is 513. The molecule has 0 spiro atoms. The first-order valence-electron chi connectivity index (χ1n) is 7.60. The van der Waals surface area contributed by atoms with Gasteiger partial charge in [0.05, 0.1) is 0 Å². The first kappa shape index (κ1) is 19.1. The van der Waals surface area contributed by atoms with Gasteiger partial charge in [0.2, 0.25) is 0 Å². The summed E-state index contributed by atoms with van der Waals surface area (Å²) in [5.74, 6) is -3.76. The zero-order valence-corrected chi connectivity index (χ0v) is 13.2. The molecule has 1 fully saturated rings. The number of carboxylic acids is 2. The number of halogens is 1. The molecule has 0 bridgehead atoms. The molecule has 0 saturated carbocycles. The van der Waals surface area contributed by atoms with Crippen molar-refractivity contribution in [3.63, 3.8) is 0 Å². The monoisotopic (exact) mass is 326 g/mol. The lowest BCUT2D eigenvalue weighted by molar-refractivity contribution is -0.159. The molecule has 0 amide bonds. The van der Waals surface area contributed by atoms with E-state index in [0.29, 0.717) is 12.6 Å². The molecule has 1 heterocycles. The van der Waals surface area contributed by atoms with Gasteiger partial charge in [-0.1, -0.05) is 25.1 Å². The van der Waals surface area contributed by atoms with Crippen LogP contribution in [0, 0.1) is 5.82 Å². The molecule has 0 aromatic heterocycles. The van der Waals surface area contributed by atoms with E-state index in [4.69, 9.17) is 19.8 Å². The van der Waals surface area contributed by atoms with E-state index in [9.17, 15) is 4.39 Å². The van der Waals surface area contributed by atoms with Gasteiger partial charge in [0.1, 0.15) is 5.82 Å². The standard InChI is InChI=1S/C14H21FN2.C2H2O4/c1-2-17-9-5-7-13(17)11-16-10-12-6-3-4-8-14(12)15;3-1(4)2(5)6/h3-4,6,8,13,16H,2,5,7,9-11H2,1H3;(H,3,4)(H,5,6). The van der Waals surface area contributed by atoms with Crippen molar-refractivity contribution in [3.8, 4) is 0 Å². The quantitative estimate of drug-likeness (QED) is 0.712. The van der Waals surface area contributed by atoms with E-state index >= 15 is 0 Å². The van der Waals surface area contributed by atoms with Crippen LogP contribution < -0.4 is 5.32 Å². The number of likely N-dealkylation sites (N-methyl/N-ethyl adjacent to an activating group) is 1. The molecule has 1 aromatic rings. The Morgan fingerprint density at radius 3 is 2.52 bits per heavy atom. The Kier molecular flexibility index (Phi) is 8.21. The molecule has 1 aliphatic heterocycles. The normalized spacial score (nSPS) is 17.4. The van der Waals surface area contributed by atoms with Gasteiger partial charge >= 0.3 is 11.9 Å². The maximum Gasteiger partial charge on any atom is 0.414 e. The highest BCUT2D eigenvalue weighted by molar-refractivity contribution is 6.27. The van der Waals surface area contributed by atoms with Gasteiger partial charge in [-0.15, -0.1) is 0 Å². The largest absolute Gasteiger partial charge is 0.473 e. The predicted octanol–water partition coefficient (Wildman–Crippen LogP) is 1.56. The van der Waals surface area contributed by atoms with Gasteiger partial charge in [0.25, 0.3) is 0 Å². The van der Waals surface area contributed by atoms with Crippen molar-refractivity contribution in [2.24, 2.45) is 0 Å². The van der Waals surface area contributed by atoms with Crippen molar-refractivity contribution in [2.45, 2.75) is 32.4 Å². The Balaban J connectivity index is 0.000000379. The summed E-state index contributed by atoms with van der Waals surface area (Å²) in [6.45, 7) is 6.12. The van der Waals surface area contributed by atoms with Gasteiger partial charge in [-0.05, 0) is 32.0 Å². The molecular formula is C16H23FN2O4. The highest BCUT2D eigenvalue weighted by atomic mass is 19.1. The van der Waals surface area contributed by atoms with Crippen LogP contribution in [0.3, 0.4) is 0 Å². The first-order valence-corrected chi connectivity index (χ1v) is 7.60. The number of nitrogens with zero attached hydrogens (tertiary/aromatic N) is 1. The van der Waals surface area contributed by atoms with Crippen LogP contribution in [0.2, 0.25) is 0 Å². The number of benzene rings is 1. The molecule has 23 heavy (non-hydrogen) atoms. The van der Waals surface area contributed by atoms with Gasteiger partial charge < -0.3 is 15.5 Å². The average molecular weight is 326 g/mol. The first-order chi connectivity index (χ1) is 11.0. The van der Waals surface area contributed by atoms with Crippen molar-refractivity contribution < 1.29 is 24.2 Å². The van der Waals surface area contributed by atoms with Crippen LogP contribution in [0.1, 0.15) is 25.3 Å². The zero-order valence-electron chi connectivity index (χ0n) is 13.2. The Hall–Kier alpha value is -1.99. The SMILES string of the molecule is CCN1CCCC1CNCc1ccccc1F.O=C(O)C(=O)O. The van der Waals surface area contributed by atoms with Crippen LogP contribution in [0.5, 0.6) is 0 Å². The highest BCUT2D eigenvalue weighted by Gasteiger charge is 2.22. The fraction of sp³-hybridized carbons (Fsp3) is 0.500. The van der Waals surface area contributed by atoms with Crippen LogP contribution >= 0.6 is 0 Å². The number of carbonyl (C=O) groups is 2. The van der Waals surface area contributed by atoms with E-state index in [1.165, 1.54) is 25.5 Å². The summed E-state index contributed by atoms with van der Waals surface area (Å²) in [5, 5.41) is 18.1. The summed E-state index contributed by atoms with van der Waals surface area (Å²) < 4.78 is 13.4. The summed E-state index contributed by atoms with van der Waals surface area (Å²) in [5.41, 5.74) is 0.758. The molecule has 1 aromatic carbocycles. The fourth-order valence-electron chi connectivity index (χ4n) is 2.56. The van der Waals surface area contributed by atoms with E-state index < -0.39 is 11.9 Å². The van der Waals surface area contributed by atoms with Gasteiger partial charge in [-0.25, -0.2) is 14.0 Å². The zero-order chi connectivity index (χ0) is 17.2. The predicted molar refractivity (Wildman–Crippen MR) is 83.6 cm³/mol. The fourth-order valence-corrected chi connectivity index (χ4v) is 2.56. The summed E-state index contributed by atoms with van der Waals surface area (Å²) >= 11 is 0. The summed E-state index contributed by atoms with van der Waals surface area (Å²) in [4.78, 5) is 20.7. The van der Waals surface area contributed by atoms with E-state index in [1.54, 1.807) is 6.07 Å². The molecule has 0 aliphatic carbocycles. The third-order valence-electron chi connectivity index (χ3n) is 3.74. The molecule has 128 valence electrons. The van der Waals surface area contributed by atoms with Gasteiger partial charge in [-0.2, -0.15) is 0 Å². The van der Waals surface area contributed by atoms with Gasteiger partial charge in [0.15, 0.2) is 0 Å². The van der Waals surface area contributed by atoms with Crippen molar-refractivity contribution in [3.05, 3.63) is 35.6 Å². The maximum absolute atomic E-state index is 13.4. The lowest BCUT2D eigenvalue weighted by Crippen LogP contribution is -2.37. The minimum absolute atomic E-state index is 0.112. The number of nitrogens with one attached hydrogen (secondary N) is 1. The van der Waals surface area contributed by atoms with Gasteiger partial charge in [-0.3, -0.25) is 4.90 Å². The number of hydrogen-bond acceptors (Lipinski definition) is 4. The molecule has 2 rings (SSSR count). The van der Waals surface area contributed by atoms with Crippen LogP contribution in [-0.2, 0) is 16.1 Å². The Morgan fingerprint density at radius 2 is 1.96 bits per heavy atom. The third-order valence-corrected chi connectivity index (χ3v) is 3.74. The number of rotatable bonds is 5. The molecule has 1 aliphatic rings. The van der Waals surface area contributed by atoms with Crippen LogP contribution in [0.25, 0.3) is 0 Å². The van der Waals surface area contributed by atoms with Crippen molar-refractivity contribution in [2.75, 3.05) is 19.6 Å². The summed E-state index contributed by atoms with van der Waals surface area (Å²) in [7, 11) is 0. The van der Waals surface area contributed by atoms with E-state index in [0.717, 1.165) is 18.7 Å². The van der Waals surface area contributed by atoms with E-state index in [1.807, 2.05) is 12.1 Å². The number of carboxylic acid groups (broad SMARTS) is 2. The van der Waals surface area contributed by atoms with Crippen molar-refractivity contribution >= 4 is 11.9 Å². The second-order valence-corrected chi connectivity index (χ2v) is 5.26. The second-order valence-electron chi connectivity index (χ2n) is 5.26. The highest BCUT2D eigenvalue weighted by Crippen LogP contribution is 2.15. The molecule has 1 atom stereocenters. The van der Waals surface area contributed by atoms with Crippen molar-refractivity contribution in [1.29, 1.82) is 0 Å². The Morgan fingerprint density at radius 1 is 1.30 bits per heavy atom. The minimum Gasteiger partial charge on any atom is -0.473 e. The molecule has 1 saturated heterocycles. The smallest absolute Gasteiger partial charge is 0.414 e. The number of likely N-dealkylation sites (tertiary alicyclic amines) is 1. The molecule has 6 nitrogen and oxygen atoms in total. The summed E-state index contributed by atoms with van der Waals surface area (Å²) in [6, 6.07) is 7.61. The van der Waals surface area contributed by atoms with Crippen molar-refractivity contribution in [1.82, 2.24) is 10.2 Å². The topological polar surface area (TPSA) is 89.9 Å². The lowest BCUT2D eigenvalue weighted by atomic mass is 10.2. The van der Waals surface area contributed by atoms with Gasteiger partial charge in [0, 0.05) is 24.7 Å². The number of aliphatic carboxylic acids is 2. The Labute approximate surface area is 134 Å². The molecule has 0 radical (unpaired) electrons. The molecular weight excluding hydrogens is 303 g/mol. The number of hydrogen-bond donors (Lipinski definition) is 3.